The largest absolute Gasteiger partial charge is 0.319 e. The molecule has 1 aromatic carbocycles. The quantitative estimate of drug-likeness (QED) is 0.889. The zero-order valence-corrected chi connectivity index (χ0v) is 11.0. The topological polar surface area (TPSA) is 29.1 Å². The average Bonchev–Trinajstić information content (AvgIpc) is 2.78. The van der Waals surface area contributed by atoms with Crippen molar-refractivity contribution in [2.24, 2.45) is 5.92 Å². The Morgan fingerprint density at radius 1 is 1.35 bits per heavy atom. The third-order valence-corrected chi connectivity index (χ3v) is 4.48. The summed E-state index contributed by atoms with van der Waals surface area (Å²) in [5.74, 6) is 0.751. The molecule has 0 spiro atoms. The van der Waals surface area contributed by atoms with Crippen LogP contribution in [0.4, 0.5) is 0 Å². The molecule has 0 aliphatic heterocycles. The van der Waals surface area contributed by atoms with E-state index in [0.29, 0.717) is 5.25 Å². The first kappa shape index (κ1) is 12.7. The van der Waals surface area contributed by atoms with Gasteiger partial charge in [0.25, 0.3) is 0 Å². The van der Waals surface area contributed by atoms with Gasteiger partial charge in [-0.05, 0) is 38.8 Å². The molecule has 0 heterocycles. The second kappa shape index (κ2) is 6.22. The molecule has 1 aliphatic rings. The molecule has 1 saturated carbocycles. The van der Waals surface area contributed by atoms with Crippen molar-refractivity contribution in [3.63, 3.8) is 0 Å². The Hall–Kier alpha value is -0.800. The number of rotatable bonds is 4. The highest BCUT2D eigenvalue weighted by Crippen LogP contribution is 2.35. The summed E-state index contributed by atoms with van der Waals surface area (Å²) >= 11 is 1.52. The van der Waals surface area contributed by atoms with Crippen molar-refractivity contribution < 1.29 is 4.79 Å². The number of hydrogen-bond donors (Lipinski definition) is 1. The molecular formula is C14H19NOS. The van der Waals surface area contributed by atoms with Crippen molar-refractivity contribution >= 4 is 16.9 Å². The molecule has 0 saturated heterocycles. The summed E-state index contributed by atoms with van der Waals surface area (Å²) in [6.07, 6.45) is 3.60. The predicted molar refractivity (Wildman–Crippen MR) is 73.4 cm³/mol. The van der Waals surface area contributed by atoms with Gasteiger partial charge in [-0.3, -0.25) is 4.79 Å². The Morgan fingerprint density at radius 2 is 2.12 bits per heavy atom. The van der Waals surface area contributed by atoms with Gasteiger partial charge < -0.3 is 5.32 Å². The first-order chi connectivity index (χ1) is 8.29. The van der Waals surface area contributed by atoms with E-state index in [1.807, 2.05) is 37.4 Å². The first-order valence-electron chi connectivity index (χ1n) is 6.20. The Labute approximate surface area is 107 Å². The SMILES string of the molecule is CNC[C@@H]1CC[C@H](SC(=O)c2ccccc2)C1. The minimum Gasteiger partial charge on any atom is -0.319 e. The van der Waals surface area contributed by atoms with Crippen LogP contribution in [-0.4, -0.2) is 24.0 Å². The van der Waals surface area contributed by atoms with Crippen LogP contribution in [0.2, 0.25) is 0 Å². The number of carbonyl (C=O) groups excluding carboxylic acids is 1. The zero-order chi connectivity index (χ0) is 12.1. The van der Waals surface area contributed by atoms with Gasteiger partial charge in [0.15, 0.2) is 0 Å². The highest BCUT2D eigenvalue weighted by Gasteiger charge is 2.26. The van der Waals surface area contributed by atoms with E-state index < -0.39 is 0 Å². The van der Waals surface area contributed by atoms with E-state index in [1.165, 1.54) is 31.0 Å². The monoisotopic (exact) mass is 249 g/mol. The van der Waals surface area contributed by atoms with E-state index in [-0.39, 0.29) is 5.12 Å². The fraction of sp³-hybridized carbons (Fsp3) is 0.500. The molecule has 0 radical (unpaired) electrons. The van der Waals surface area contributed by atoms with Crippen LogP contribution in [0.1, 0.15) is 29.6 Å². The van der Waals surface area contributed by atoms with Crippen LogP contribution in [0.3, 0.4) is 0 Å². The normalized spacial score (nSPS) is 23.8. The Morgan fingerprint density at radius 3 is 2.82 bits per heavy atom. The smallest absolute Gasteiger partial charge is 0.219 e. The standard InChI is InChI=1S/C14H19NOS/c1-15-10-11-7-8-13(9-11)17-14(16)12-5-3-2-4-6-12/h2-6,11,13,15H,7-10H2,1H3/t11-,13+/m1/s1. The molecule has 1 aliphatic carbocycles. The van der Waals surface area contributed by atoms with Crippen molar-refractivity contribution in [3.05, 3.63) is 35.9 Å². The summed E-state index contributed by atoms with van der Waals surface area (Å²) < 4.78 is 0. The maximum absolute atomic E-state index is 12.0. The predicted octanol–water partition coefficient (Wildman–Crippen LogP) is 2.95. The van der Waals surface area contributed by atoms with Crippen molar-refractivity contribution in [1.82, 2.24) is 5.32 Å². The lowest BCUT2D eigenvalue weighted by Crippen LogP contribution is -2.16. The number of carbonyl (C=O) groups is 1. The summed E-state index contributed by atoms with van der Waals surface area (Å²) in [7, 11) is 2.00. The third kappa shape index (κ3) is 3.58. The Kier molecular flexibility index (Phi) is 4.63. The molecular weight excluding hydrogens is 230 g/mol. The Bertz CT molecular complexity index is 366. The van der Waals surface area contributed by atoms with Gasteiger partial charge in [-0.25, -0.2) is 0 Å². The number of hydrogen-bond acceptors (Lipinski definition) is 3. The van der Waals surface area contributed by atoms with Crippen LogP contribution < -0.4 is 5.32 Å². The molecule has 0 bridgehead atoms. The van der Waals surface area contributed by atoms with Gasteiger partial charge >= 0.3 is 0 Å². The molecule has 0 aromatic heterocycles. The van der Waals surface area contributed by atoms with Crippen molar-refractivity contribution in [2.75, 3.05) is 13.6 Å². The van der Waals surface area contributed by atoms with Crippen LogP contribution in [-0.2, 0) is 0 Å². The van der Waals surface area contributed by atoms with Gasteiger partial charge in [0.2, 0.25) is 5.12 Å². The molecule has 17 heavy (non-hydrogen) atoms. The summed E-state index contributed by atoms with van der Waals surface area (Å²) in [4.78, 5) is 12.0. The van der Waals surface area contributed by atoms with Gasteiger partial charge in [0, 0.05) is 10.8 Å². The van der Waals surface area contributed by atoms with E-state index in [4.69, 9.17) is 0 Å². The van der Waals surface area contributed by atoms with Gasteiger partial charge in [-0.2, -0.15) is 0 Å². The van der Waals surface area contributed by atoms with Crippen LogP contribution in [0, 0.1) is 5.92 Å². The summed E-state index contributed by atoms with van der Waals surface area (Å²) in [6.45, 7) is 1.08. The fourth-order valence-electron chi connectivity index (χ4n) is 2.40. The van der Waals surface area contributed by atoms with E-state index in [9.17, 15) is 4.79 Å². The maximum atomic E-state index is 12.0. The van der Waals surface area contributed by atoms with Gasteiger partial charge in [-0.15, -0.1) is 0 Å². The number of thioether (sulfide) groups is 1. The first-order valence-corrected chi connectivity index (χ1v) is 7.08. The minimum absolute atomic E-state index is 0.223. The second-order valence-electron chi connectivity index (χ2n) is 4.63. The van der Waals surface area contributed by atoms with E-state index >= 15 is 0 Å². The average molecular weight is 249 g/mol. The van der Waals surface area contributed by atoms with E-state index in [1.54, 1.807) is 0 Å². The van der Waals surface area contributed by atoms with Crippen molar-refractivity contribution in [1.29, 1.82) is 0 Å². The molecule has 2 nitrogen and oxygen atoms in total. The van der Waals surface area contributed by atoms with E-state index in [2.05, 4.69) is 5.32 Å². The molecule has 2 rings (SSSR count). The van der Waals surface area contributed by atoms with Crippen molar-refractivity contribution in [3.8, 4) is 0 Å². The lowest BCUT2D eigenvalue weighted by molar-refractivity contribution is 0.108. The molecule has 0 amide bonds. The highest BCUT2D eigenvalue weighted by molar-refractivity contribution is 8.14. The number of nitrogens with one attached hydrogen (secondary N) is 1. The molecule has 1 N–H and O–H groups in total. The summed E-state index contributed by atoms with van der Waals surface area (Å²) in [5, 5.41) is 3.96. The number of benzene rings is 1. The lowest BCUT2D eigenvalue weighted by atomic mass is 10.1. The summed E-state index contributed by atoms with van der Waals surface area (Å²) in [6, 6.07) is 9.59. The van der Waals surface area contributed by atoms with E-state index in [0.717, 1.165) is 18.0 Å². The maximum Gasteiger partial charge on any atom is 0.219 e. The minimum atomic E-state index is 0.223. The second-order valence-corrected chi connectivity index (χ2v) is 5.90. The molecule has 1 aromatic rings. The summed E-state index contributed by atoms with van der Waals surface area (Å²) in [5.41, 5.74) is 0.828. The van der Waals surface area contributed by atoms with Crippen molar-refractivity contribution in [2.45, 2.75) is 24.5 Å². The molecule has 2 atom stereocenters. The molecule has 3 heteroatoms. The van der Waals surface area contributed by atoms with Gasteiger partial charge in [0.1, 0.15) is 0 Å². The Balaban J connectivity index is 1.84. The molecule has 0 unspecified atom stereocenters. The van der Waals surface area contributed by atoms with Crippen LogP contribution in [0.5, 0.6) is 0 Å². The van der Waals surface area contributed by atoms with Crippen LogP contribution in [0.25, 0.3) is 0 Å². The van der Waals surface area contributed by atoms with Gasteiger partial charge in [0.05, 0.1) is 0 Å². The molecule has 92 valence electrons. The van der Waals surface area contributed by atoms with Gasteiger partial charge in [-0.1, -0.05) is 42.1 Å². The van der Waals surface area contributed by atoms with Crippen LogP contribution in [0.15, 0.2) is 30.3 Å². The third-order valence-electron chi connectivity index (χ3n) is 3.27. The van der Waals surface area contributed by atoms with Crippen LogP contribution >= 0.6 is 11.8 Å². The highest BCUT2D eigenvalue weighted by atomic mass is 32.2. The fourth-order valence-corrected chi connectivity index (χ4v) is 3.60. The zero-order valence-electron chi connectivity index (χ0n) is 10.2. The lowest BCUT2D eigenvalue weighted by Gasteiger charge is -2.09. The molecule has 1 fully saturated rings.